The lowest BCUT2D eigenvalue weighted by atomic mass is 10.1. The van der Waals surface area contributed by atoms with E-state index in [0.717, 1.165) is 12.1 Å². The number of pyridine rings is 2. The van der Waals surface area contributed by atoms with Gasteiger partial charge in [-0.25, -0.2) is 14.4 Å². The lowest BCUT2D eigenvalue weighted by molar-refractivity contribution is -0.137. The highest BCUT2D eigenvalue weighted by Gasteiger charge is 2.40. The van der Waals surface area contributed by atoms with Gasteiger partial charge in [0.05, 0.1) is 12.1 Å². The SMILES string of the molecule is C=CC(=O)Nc1cccc(C#CCN(C(=O)C2CCCN2c2nc(C)cc(C(F)(F)F)c2C#N)c2ccc(F)cc2)n1. The minimum atomic E-state index is -4.79. The summed E-state index contributed by atoms with van der Waals surface area (Å²) in [5.74, 6) is 4.24. The van der Waals surface area contributed by atoms with Crippen molar-refractivity contribution in [2.24, 2.45) is 0 Å². The normalized spacial score (nSPS) is 14.4. The standard InChI is InChI=1S/C30H24F4N6O2/c1-3-27(41)38-26-10-4-7-21(37-26)8-5-15-39(22-13-11-20(31)12-14-22)29(42)25-9-6-16-40(25)28-23(18-35)24(30(32,33)34)17-19(2)36-28/h3-4,7,10-14,17,25H,1,6,9,15-16H2,2H3,(H,37,38,41). The number of amides is 2. The van der Waals surface area contributed by atoms with Crippen LogP contribution in [0, 0.1) is 35.9 Å². The zero-order chi connectivity index (χ0) is 30.4. The molecule has 0 aliphatic carbocycles. The van der Waals surface area contributed by atoms with Crippen molar-refractivity contribution in [1.82, 2.24) is 9.97 Å². The highest BCUT2D eigenvalue weighted by atomic mass is 19.4. The van der Waals surface area contributed by atoms with E-state index in [4.69, 9.17) is 0 Å². The summed E-state index contributed by atoms with van der Waals surface area (Å²) in [5.41, 5.74) is -1.11. The van der Waals surface area contributed by atoms with E-state index in [1.54, 1.807) is 24.3 Å². The number of nitrogens with zero attached hydrogens (tertiary/aromatic N) is 5. The van der Waals surface area contributed by atoms with Gasteiger partial charge in [-0.05, 0) is 74.2 Å². The van der Waals surface area contributed by atoms with Gasteiger partial charge in [0.2, 0.25) is 5.91 Å². The number of benzene rings is 1. The molecule has 4 rings (SSSR count). The van der Waals surface area contributed by atoms with E-state index < -0.39 is 41.0 Å². The number of anilines is 3. The Kier molecular flexibility index (Phi) is 8.87. The smallest absolute Gasteiger partial charge is 0.343 e. The quantitative estimate of drug-likeness (QED) is 0.252. The third-order valence-corrected chi connectivity index (χ3v) is 6.40. The average Bonchev–Trinajstić information content (AvgIpc) is 3.45. The number of halogens is 4. The Labute approximate surface area is 239 Å². The second-order valence-corrected chi connectivity index (χ2v) is 9.27. The molecule has 0 saturated carbocycles. The molecule has 3 aromatic rings. The van der Waals surface area contributed by atoms with Gasteiger partial charge >= 0.3 is 6.18 Å². The van der Waals surface area contributed by atoms with Crippen molar-refractivity contribution in [3.8, 4) is 17.9 Å². The topological polar surface area (TPSA) is 102 Å². The fraction of sp³-hybridized carbons (Fsp3) is 0.233. The minimum absolute atomic E-state index is 0.0506. The Morgan fingerprint density at radius 3 is 2.62 bits per heavy atom. The van der Waals surface area contributed by atoms with E-state index in [-0.39, 0.29) is 30.4 Å². The van der Waals surface area contributed by atoms with Crippen molar-refractivity contribution in [3.05, 3.63) is 89.5 Å². The summed E-state index contributed by atoms with van der Waals surface area (Å²) in [4.78, 5) is 36.7. The molecule has 0 radical (unpaired) electrons. The van der Waals surface area contributed by atoms with Crippen LogP contribution in [0.3, 0.4) is 0 Å². The molecule has 1 saturated heterocycles. The van der Waals surface area contributed by atoms with Crippen molar-refractivity contribution in [1.29, 1.82) is 5.26 Å². The average molecular weight is 577 g/mol. The van der Waals surface area contributed by atoms with E-state index in [1.807, 2.05) is 0 Å². The number of aryl methyl sites for hydroxylation is 1. The van der Waals surface area contributed by atoms with Crippen LogP contribution >= 0.6 is 0 Å². The Hall–Kier alpha value is -5.23. The van der Waals surface area contributed by atoms with E-state index in [1.165, 1.54) is 41.0 Å². The van der Waals surface area contributed by atoms with Gasteiger partial charge < -0.3 is 10.2 Å². The van der Waals surface area contributed by atoms with Gasteiger partial charge in [-0.1, -0.05) is 18.6 Å². The molecule has 1 aromatic carbocycles. The molecule has 3 heterocycles. The number of carbonyl (C=O) groups excluding carboxylic acids is 2. The first-order valence-corrected chi connectivity index (χ1v) is 12.7. The Morgan fingerprint density at radius 1 is 1.21 bits per heavy atom. The third-order valence-electron chi connectivity index (χ3n) is 6.40. The van der Waals surface area contributed by atoms with Crippen LogP contribution in [-0.4, -0.2) is 40.9 Å². The van der Waals surface area contributed by atoms with Gasteiger partial charge in [0.1, 0.15) is 40.8 Å². The molecule has 2 aromatic heterocycles. The van der Waals surface area contributed by atoms with E-state index in [2.05, 4.69) is 33.7 Å². The number of rotatable bonds is 6. The Balaban J connectivity index is 1.68. The second kappa shape index (κ2) is 12.5. The summed E-state index contributed by atoms with van der Waals surface area (Å²) in [7, 11) is 0. The number of hydrogen-bond acceptors (Lipinski definition) is 6. The zero-order valence-corrected chi connectivity index (χ0v) is 22.4. The van der Waals surface area contributed by atoms with Gasteiger partial charge in [-0.2, -0.15) is 18.4 Å². The molecule has 1 fully saturated rings. The molecule has 0 spiro atoms. The first kappa shape index (κ1) is 29.7. The lowest BCUT2D eigenvalue weighted by Gasteiger charge is -2.31. The highest BCUT2D eigenvalue weighted by Crippen LogP contribution is 2.38. The fourth-order valence-electron chi connectivity index (χ4n) is 4.53. The number of nitrogens with one attached hydrogen (secondary N) is 1. The van der Waals surface area contributed by atoms with Crippen molar-refractivity contribution < 1.29 is 27.2 Å². The monoisotopic (exact) mass is 576 g/mol. The summed E-state index contributed by atoms with van der Waals surface area (Å²) in [6.07, 6.45) is -2.94. The number of nitriles is 1. The van der Waals surface area contributed by atoms with Crippen molar-refractivity contribution in [3.63, 3.8) is 0 Å². The van der Waals surface area contributed by atoms with Gasteiger partial charge in [0, 0.05) is 17.9 Å². The summed E-state index contributed by atoms with van der Waals surface area (Å²) in [6, 6.07) is 11.4. The molecule has 1 atom stereocenters. The van der Waals surface area contributed by atoms with Crippen LogP contribution in [0.2, 0.25) is 0 Å². The molecule has 214 valence electrons. The largest absolute Gasteiger partial charge is 0.417 e. The maximum atomic E-state index is 13.9. The molecule has 12 heteroatoms. The zero-order valence-electron chi connectivity index (χ0n) is 22.4. The molecule has 0 bridgehead atoms. The molecular weight excluding hydrogens is 552 g/mol. The fourth-order valence-corrected chi connectivity index (χ4v) is 4.53. The molecule has 2 amide bonds. The van der Waals surface area contributed by atoms with E-state index >= 15 is 0 Å². The van der Waals surface area contributed by atoms with Crippen LogP contribution in [0.5, 0.6) is 0 Å². The number of carbonyl (C=O) groups is 2. The minimum Gasteiger partial charge on any atom is -0.343 e. The van der Waals surface area contributed by atoms with Crippen LogP contribution < -0.4 is 15.1 Å². The van der Waals surface area contributed by atoms with Gasteiger partial charge in [0.15, 0.2) is 0 Å². The van der Waals surface area contributed by atoms with Crippen LogP contribution in [0.25, 0.3) is 0 Å². The van der Waals surface area contributed by atoms with Crippen molar-refractivity contribution in [2.45, 2.75) is 32.0 Å². The van der Waals surface area contributed by atoms with E-state index in [9.17, 15) is 32.4 Å². The predicted molar refractivity (Wildman–Crippen MR) is 148 cm³/mol. The molecule has 1 N–H and O–H groups in total. The molecule has 1 unspecified atom stereocenters. The molecule has 1 aliphatic rings. The first-order valence-electron chi connectivity index (χ1n) is 12.7. The lowest BCUT2D eigenvalue weighted by Crippen LogP contribution is -2.47. The highest BCUT2D eigenvalue weighted by molar-refractivity contribution is 6.00. The van der Waals surface area contributed by atoms with Crippen LogP contribution in [0.4, 0.5) is 34.9 Å². The van der Waals surface area contributed by atoms with E-state index in [0.29, 0.717) is 24.2 Å². The summed E-state index contributed by atoms with van der Waals surface area (Å²) in [5, 5.41) is 12.2. The first-order chi connectivity index (χ1) is 20.0. The van der Waals surface area contributed by atoms with Crippen molar-refractivity contribution in [2.75, 3.05) is 28.2 Å². The second-order valence-electron chi connectivity index (χ2n) is 9.27. The number of alkyl halides is 3. The third kappa shape index (κ3) is 6.73. The number of hydrogen-bond donors (Lipinski definition) is 1. The summed E-state index contributed by atoms with van der Waals surface area (Å²) in [6.45, 7) is 4.81. The van der Waals surface area contributed by atoms with Gasteiger partial charge in [-0.3, -0.25) is 14.5 Å². The van der Waals surface area contributed by atoms with Crippen LogP contribution in [0.15, 0.2) is 61.2 Å². The Morgan fingerprint density at radius 2 is 1.95 bits per heavy atom. The predicted octanol–water partition coefficient (Wildman–Crippen LogP) is 4.99. The number of aromatic nitrogens is 2. The summed E-state index contributed by atoms with van der Waals surface area (Å²) >= 11 is 0. The molecular formula is C30H24F4N6O2. The molecule has 1 aliphatic heterocycles. The van der Waals surface area contributed by atoms with Crippen LogP contribution in [0.1, 0.15) is 35.4 Å². The Bertz CT molecular complexity index is 1620. The van der Waals surface area contributed by atoms with Crippen LogP contribution in [-0.2, 0) is 15.8 Å². The maximum Gasteiger partial charge on any atom is 0.417 e. The maximum absolute atomic E-state index is 13.9. The van der Waals surface area contributed by atoms with Crippen molar-refractivity contribution >= 4 is 29.1 Å². The molecule has 42 heavy (non-hydrogen) atoms. The summed E-state index contributed by atoms with van der Waals surface area (Å²) < 4.78 is 55.0. The molecule has 8 nitrogen and oxygen atoms in total. The van der Waals surface area contributed by atoms with Gasteiger partial charge in [-0.15, -0.1) is 0 Å². The van der Waals surface area contributed by atoms with Gasteiger partial charge in [0.25, 0.3) is 5.91 Å².